The zero-order valence-corrected chi connectivity index (χ0v) is 16.8. The number of likely N-dealkylation sites (tertiary alicyclic amines) is 1. The van der Waals surface area contributed by atoms with E-state index in [2.05, 4.69) is 10.2 Å². The highest BCUT2D eigenvalue weighted by molar-refractivity contribution is 6.03. The van der Waals surface area contributed by atoms with Crippen molar-refractivity contribution >= 4 is 16.8 Å². The van der Waals surface area contributed by atoms with Gasteiger partial charge in [0.25, 0.3) is 11.5 Å². The molecule has 1 fully saturated rings. The molecule has 0 radical (unpaired) electrons. The van der Waals surface area contributed by atoms with Crippen molar-refractivity contribution in [3.8, 4) is 5.75 Å². The molecular formula is C22H28FN3O3. The maximum Gasteiger partial charge on any atom is 0.267 e. The number of aromatic nitrogens is 1. The number of benzene rings is 1. The number of rotatable bonds is 5. The molecule has 0 aliphatic carbocycles. The fourth-order valence-corrected chi connectivity index (χ4v) is 4.66. The van der Waals surface area contributed by atoms with E-state index in [4.69, 9.17) is 0 Å². The third-order valence-electron chi connectivity index (χ3n) is 6.20. The van der Waals surface area contributed by atoms with E-state index in [1.54, 1.807) is 0 Å². The number of carbonyl (C=O) groups excluding carboxylic acids is 1. The van der Waals surface area contributed by atoms with Crippen molar-refractivity contribution in [1.82, 2.24) is 14.8 Å². The Hall–Kier alpha value is -2.41. The Morgan fingerprint density at radius 3 is 2.79 bits per heavy atom. The number of aryl methyl sites for hydroxylation is 1. The van der Waals surface area contributed by atoms with Crippen molar-refractivity contribution in [2.45, 2.75) is 51.5 Å². The first-order valence-electron chi connectivity index (χ1n) is 10.6. The molecule has 1 unspecified atom stereocenters. The standard InChI is InChI=1S/C22H28FN3O3/c1-14-6-7-15-12-16(23)13-17-19(15)26(14)22(29)18(20(17)27)21(28)24-8-5-11-25-9-3-2-4-10-25/h12-14,27H,2-11H2,1H3,(H,24,28). The summed E-state index contributed by atoms with van der Waals surface area (Å²) < 4.78 is 15.6. The van der Waals surface area contributed by atoms with Gasteiger partial charge in [0.05, 0.1) is 5.52 Å². The van der Waals surface area contributed by atoms with Crippen molar-refractivity contribution in [3.63, 3.8) is 0 Å². The largest absolute Gasteiger partial charge is 0.506 e. The van der Waals surface area contributed by atoms with Crippen molar-refractivity contribution in [1.29, 1.82) is 0 Å². The number of hydrogen-bond acceptors (Lipinski definition) is 4. The maximum absolute atomic E-state index is 14.1. The molecule has 156 valence electrons. The molecule has 4 rings (SSSR count). The van der Waals surface area contributed by atoms with Crippen LogP contribution in [0.25, 0.3) is 10.9 Å². The lowest BCUT2D eigenvalue weighted by Gasteiger charge is -2.27. The number of piperidine rings is 1. The van der Waals surface area contributed by atoms with Gasteiger partial charge in [0.1, 0.15) is 17.1 Å². The Morgan fingerprint density at radius 1 is 1.28 bits per heavy atom. The van der Waals surface area contributed by atoms with E-state index in [9.17, 15) is 19.1 Å². The van der Waals surface area contributed by atoms with Crippen LogP contribution in [0.3, 0.4) is 0 Å². The lowest BCUT2D eigenvalue weighted by atomic mass is 9.95. The van der Waals surface area contributed by atoms with Crippen LogP contribution in [0.4, 0.5) is 4.39 Å². The molecule has 2 aliphatic rings. The number of halogens is 1. The molecule has 1 saturated heterocycles. The third kappa shape index (κ3) is 3.75. The van der Waals surface area contributed by atoms with Crippen LogP contribution in [-0.4, -0.2) is 46.7 Å². The van der Waals surface area contributed by atoms with Gasteiger partial charge in [-0.15, -0.1) is 0 Å². The van der Waals surface area contributed by atoms with Gasteiger partial charge in [-0.05, 0) is 76.4 Å². The molecule has 6 nitrogen and oxygen atoms in total. The van der Waals surface area contributed by atoms with Gasteiger partial charge >= 0.3 is 0 Å². The summed E-state index contributed by atoms with van der Waals surface area (Å²) in [6, 6.07) is 2.49. The molecule has 0 bridgehead atoms. The van der Waals surface area contributed by atoms with Crippen LogP contribution in [0.15, 0.2) is 16.9 Å². The van der Waals surface area contributed by atoms with Gasteiger partial charge in [-0.1, -0.05) is 6.42 Å². The number of nitrogens with one attached hydrogen (secondary N) is 1. The summed E-state index contributed by atoms with van der Waals surface area (Å²) >= 11 is 0. The smallest absolute Gasteiger partial charge is 0.267 e. The second-order valence-corrected chi connectivity index (χ2v) is 8.26. The number of pyridine rings is 1. The Labute approximate surface area is 169 Å². The number of nitrogens with zero attached hydrogens (tertiary/aromatic N) is 2. The minimum atomic E-state index is -0.597. The molecule has 2 aromatic rings. The van der Waals surface area contributed by atoms with Gasteiger partial charge in [0.15, 0.2) is 0 Å². The quantitative estimate of drug-likeness (QED) is 0.756. The Kier molecular flexibility index (Phi) is 5.58. The minimum absolute atomic E-state index is 0.116. The molecule has 7 heteroatoms. The van der Waals surface area contributed by atoms with Crippen LogP contribution in [0.2, 0.25) is 0 Å². The van der Waals surface area contributed by atoms with E-state index >= 15 is 0 Å². The molecular weight excluding hydrogens is 373 g/mol. The summed E-state index contributed by atoms with van der Waals surface area (Å²) in [5.41, 5.74) is 0.428. The molecule has 2 N–H and O–H groups in total. The predicted molar refractivity (Wildman–Crippen MR) is 110 cm³/mol. The molecule has 29 heavy (non-hydrogen) atoms. The Bertz CT molecular complexity index is 995. The minimum Gasteiger partial charge on any atom is -0.506 e. The maximum atomic E-state index is 14.1. The number of carbonyl (C=O) groups is 1. The van der Waals surface area contributed by atoms with E-state index in [1.807, 2.05) is 6.92 Å². The van der Waals surface area contributed by atoms with E-state index in [-0.39, 0.29) is 17.0 Å². The van der Waals surface area contributed by atoms with Crippen LogP contribution < -0.4 is 10.9 Å². The van der Waals surface area contributed by atoms with Crippen molar-refractivity contribution in [2.75, 3.05) is 26.2 Å². The fraction of sp³-hybridized carbons (Fsp3) is 0.545. The lowest BCUT2D eigenvalue weighted by molar-refractivity contribution is 0.0946. The molecule has 2 aliphatic heterocycles. The third-order valence-corrected chi connectivity index (χ3v) is 6.20. The molecule has 1 amide bonds. The molecule has 3 heterocycles. The summed E-state index contributed by atoms with van der Waals surface area (Å²) in [6.07, 6.45) is 5.82. The summed E-state index contributed by atoms with van der Waals surface area (Å²) in [6.45, 7) is 5.42. The predicted octanol–water partition coefficient (Wildman–Crippen LogP) is 2.96. The Morgan fingerprint density at radius 2 is 2.03 bits per heavy atom. The summed E-state index contributed by atoms with van der Waals surface area (Å²) in [5.74, 6) is -1.50. The van der Waals surface area contributed by atoms with Crippen molar-refractivity contribution < 1.29 is 14.3 Å². The summed E-state index contributed by atoms with van der Waals surface area (Å²) in [4.78, 5) is 28.2. The van der Waals surface area contributed by atoms with Gasteiger partial charge in [0.2, 0.25) is 0 Å². The van der Waals surface area contributed by atoms with Crippen molar-refractivity contribution in [2.24, 2.45) is 0 Å². The zero-order chi connectivity index (χ0) is 20.5. The average molecular weight is 401 g/mol. The van der Waals surface area contributed by atoms with Gasteiger partial charge in [-0.25, -0.2) is 4.39 Å². The number of hydrogen-bond donors (Lipinski definition) is 2. The summed E-state index contributed by atoms with van der Waals surface area (Å²) in [7, 11) is 0. The zero-order valence-electron chi connectivity index (χ0n) is 16.8. The van der Waals surface area contributed by atoms with Crippen LogP contribution in [0.1, 0.15) is 61.0 Å². The summed E-state index contributed by atoms with van der Waals surface area (Å²) in [5, 5.41) is 13.7. The Balaban J connectivity index is 1.58. The second-order valence-electron chi connectivity index (χ2n) is 8.26. The SMILES string of the molecule is CC1CCc2cc(F)cc3c(O)c(C(=O)NCCCN4CCCCC4)c(=O)n1c23. The fourth-order valence-electron chi connectivity index (χ4n) is 4.66. The van der Waals surface area contributed by atoms with Crippen LogP contribution >= 0.6 is 0 Å². The number of aromatic hydroxyl groups is 1. The van der Waals surface area contributed by atoms with Crippen LogP contribution in [0.5, 0.6) is 5.75 Å². The average Bonchev–Trinajstić information content (AvgIpc) is 2.71. The van der Waals surface area contributed by atoms with Gasteiger partial charge in [-0.3, -0.25) is 9.59 Å². The van der Waals surface area contributed by atoms with Gasteiger partial charge < -0.3 is 19.9 Å². The first-order valence-corrected chi connectivity index (χ1v) is 10.6. The lowest BCUT2D eigenvalue weighted by Crippen LogP contribution is -2.37. The molecule has 0 spiro atoms. The van der Waals surface area contributed by atoms with Gasteiger partial charge in [-0.2, -0.15) is 0 Å². The monoisotopic (exact) mass is 401 g/mol. The molecule has 1 atom stereocenters. The van der Waals surface area contributed by atoms with Crippen molar-refractivity contribution in [3.05, 3.63) is 39.4 Å². The van der Waals surface area contributed by atoms with E-state index < -0.39 is 23.0 Å². The van der Waals surface area contributed by atoms with E-state index in [0.29, 0.717) is 30.5 Å². The molecule has 1 aromatic heterocycles. The van der Waals surface area contributed by atoms with Crippen LogP contribution in [0, 0.1) is 5.82 Å². The van der Waals surface area contributed by atoms with E-state index in [1.165, 1.54) is 36.0 Å². The highest BCUT2D eigenvalue weighted by Gasteiger charge is 2.28. The first kappa shape index (κ1) is 19.9. The highest BCUT2D eigenvalue weighted by atomic mass is 19.1. The van der Waals surface area contributed by atoms with E-state index in [0.717, 1.165) is 26.1 Å². The first-order chi connectivity index (χ1) is 14.0. The van der Waals surface area contributed by atoms with Crippen LogP contribution in [-0.2, 0) is 6.42 Å². The topological polar surface area (TPSA) is 74.6 Å². The second kappa shape index (κ2) is 8.14. The number of amides is 1. The molecule has 1 aromatic carbocycles. The normalized spacial score (nSPS) is 19.4. The highest BCUT2D eigenvalue weighted by Crippen LogP contribution is 2.35. The van der Waals surface area contributed by atoms with Gasteiger partial charge in [0, 0.05) is 18.0 Å². The molecule has 0 saturated carbocycles.